The molecular weight excluding hydrogens is 234 g/mol. The predicted molar refractivity (Wildman–Crippen MR) is 71.7 cm³/mol. The number of fused-ring (bicyclic) bond motifs is 1. The Morgan fingerprint density at radius 2 is 2.00 bits per heavy atom. The van der Waals surface area contributed by atoms with Crippen LogP contribution in [0.15, 0.2) is 24.3 Å². The first kappa shape index (κ1) is 12.4. The van der Waals surface area contributed by atoms with E-state index < -0.39 is 5.41 Å². The van der Waals surface area contributed by atoms with Gasteiger partial charge in [0.25, 0.3) is 0 Å². The van der Waals surface area contributed by atoms with Gasteiger partial charge in [0.05, 0.1) is 5.41 Å². The average Bonchev–Trinajstić information content (AvgIpc) is 2.51. The van der Waals surface area contributed by atoms with Crippen LogP contribution in [-0.4, -0.2) is 18.3 Å². The number of alkyl halides is 1. The summed E-state index contributed by atoms with van der Waals surface area (Å²) in [5.41, 5.74) is 1.74. The quantitative estimate of drug-likeness (QED) is 0.756. The number of rotatable bonds is 3. The minimum absolute atomic E-state index is 0.177. The molecule has 1 atom stereocenters. The van der Waals surface area contributed by atoms with Crippen molar-refractivity contribution in [3.8, 4) is 0 Å². The van der Waals surface area contributed by atoms with Gasteiger partial charge < -0.3 is 4.90 Å². The maximum atomic E-state index is 12.4. The number of nitrogens with zero attached hydrogens (tertiary/aromatic N) is 1. The fourth-order valence-electron chi connectivity index (χ4n) is 2.34. The van der Waals surface area contributed by atoms with Gasteiger partial charge in [-0.05, 0) is 31.4 Å². The van der Waals surface area contributed by atoms with Crippen molar-refractivity contribution in [2.24, 2.45) is 5.92 Å². The summed E-state index contributed by atoms with van der Waals surface area (Å²) in [5, 5.41) is 0. The van der Waals surface area contributed by atoms with Crippen LogP contribution in [0, 0.1) is 5.92 Å². The average molecular weight is 252 g/mol. The molecule has 3 heteroatoms. The Hall–Kier alpha value is -1.02. The molecule has 1 aromatic rings. The normalized spacial score (nSPS) is 19.3. The van der Waals surface area contributed by atoms with Crippen LogP contribution in [0.3, 0.4) is 0 Å². The second kappa shape index (κ2) is 4.34. The van der Waals surface area contributed by atoms with E-state index in [2.05, 4.69) is 6.92 Å². The zero-order chi connectivity index (χ0) is 12.6. The summed E-state index contributed by atoms with van der Waals surface area (Å²) in [4.78, 5) is 14.3. The van der Waals surface area contributed by atoms with E-state index in [1.54, 1.807) is 0 Å². The Kier molecular flexibility index (Phi) is 3.17. The molecule has 0 saturated carbocycles. The first-order valence-corrected chi connectivity index (χ1v) is 6.49. The zero-order valence-electron chi connectivity index (χ0n) is 10.5. The minimum Gasteiger partial charge on any atom is -0.311 e. The summed E-state index contributed by atoms with van der Waals surface area (Å²) in [6, 6.07) is 8.02. The number of carbonyl (C=O) groups excluding carboxylic acids is 1. The zero-order valence-corrected chi connectivity index (χ0v) is 11.3. The number of hydrogen-bond donors (Lipinski definition) is 0. The lowest BCUT2D eigenvalue weighted by Crippen LogP contribution is -2.38. The SMILES string of the molecule is CC(CCl)CN1C(=O)C(C)(C)c2ccccc21. The summed E-state index contributed by atoms with van der Waals surface area (Å²) in [6.07, 6.45) is 0. The number of benzene rings is 1. The number of amides is 1. The van der Waals surface area contributed by atoms with E-state index in [-0.39, 0.29) is 5.91 Å². The van der Waals surface area contributed by atoms with Crippen LogP contribution in [0.1, 0.15) is 26.3 Å². The Labute approximate surface area is 108 Å². The van der Waals surface area contributed by atoms with Crippen LogP contribution >= 0.6 is 11.6 Å². The largest absolute Gasteiger partial charge is 0.311 e. The highest BCUT2D eigenvalue weighted by atomic mass is 35.5. The van der Waals surface area contributed by atoms with Crippen molar-refractivity contribution in [2.45, 2.75) is 26.2 Å². The number of hydrogen-bond acceptors (Lipinski definition) is 1. The van der Waals surface area contributed by atoms with E-state index in [0.29, 0.717) is 18.3 Å². The van der Waals surface area contributed by atoms with Crippen molar-refractivity contribution in [3.63, 3.8) is 0 Å². The van der Waals surface area contributed by atoms with E-state index >= 15 is 0 Å². The summed E-state index contributed by atoms with van der Waals surface area (Å²) >= 11 is 5.84. The van der Waals surface area contributed by atoms with E-state index in [1.807, 2.05) is 43.0 Å². The van der Waals surface area contributed by atoms with Gasteiger partial charge in [-0.25, -0.2) is 0 Å². The Morgan fingerprint density at radius 1 is 1.35 bits per heavy atom. The molecule has 1 unspecified atom stereocenters. The smallest absolute Gasteiger partial charge is 0.237 e. The predicted octanol–water partition coefficient (Wildman–Crippen LogP) is 3.19. The molecular formula is C14H18ClNO. The highest BCUT2D eigenvalue weighted by molar-refractivity contribution is 6.18. The van der Waals surface area contributed by atoms with Gasteiger partial charge in [0.1, 0.15) is 0 Å². The third-order valence-electron chi connectivity index (χ3n) is 3.41. The molecule has 2 rings (SSSR count). The summed E-state index contributed by atoms with van der Waals surface area (Å²) in [6.45, 7) is 6.73. The van der Waals surface area contributed by atoms with Crippen molar-refractivity contribution in [3.05, 3.63) is 29.8 Å². The van der Waals surface area contributed by atoms with Crippen molar-refractivity contribution >= 4 is 23.2 Å². The topological polar surface area (TPSA) is 20.3 Å². The van der Waals surface area contributed by atoms with Gasteiger partial charge in [0.2, 0.25) is 5.91 Å². The summed E-state index contributed by atoms with van der Waals surface area (Å²) < 4.78 is 0. The second-order valence-electron chi connectivity index (χ2n) is 5.32. The van der Waals surface area contributed by atoms with E-state index in [4.69, 9.17) is 11.6 Å². The fourth-order valence-corrected chi connectivity index (χ4v) is 2.44. The molecule has 2 nitrogen and oxygen atoms in total. The van der Waals surface area contributed by atoms with Crippen LogP contribution in [0.5, 0.6) is 0 Å². The molecule has 0 fully saturated rings. The lowest BCUT2D eigenvalue weighted by atomic mass is 9.86. The van der Waals surface area contributed by atoms with Crippen LogP contribution in [-0.2, 0) is 10.2 Å². The van der Waals surface area contributed by atoms with Crippen LogP contribution < -0.4 is 4.90 Å². The Bertz CT molecular complexity index is 442. The molecule has 1 amide bonds. The molecule has 1 aromatic carbocycles. The molecule has 1 aliphatic heterocycles. The van der Waals surface area contributed by atoms with E-state index in [1.165, 1.54) is 0 Å². The van der Waals surface area contributed by atoms with Gasteiger partial charge >= 0.3 is 0 Å². The monoisotopic (exact) mass is 251 g/mol. The lowest BCUT2D eigenvalue weighted by molar-refractivity contribution is -0.122. The van der Waals surface area contributed by atoms with Gasteiger partial charge in [0, 0.05) is 18.1 Å². The summed E-state index contributed by atoms with van der Waals surface area (Å²) in [7, 11) is 0. The number of anilines is 1. The van der Waals surface area contributed by atoms with E-state index in [0.717, 1.165) is 11.3 Å². The molecule has 0 bridgehead atoms. The molecule has 1 aliphatic rings. The number of para-hydroxylation sites is 1. The Balaban J connectivity index is 2.39. The van der Waals surface area contributed by atoms with Crippen LogP contribution in [0.2, 0.25) is 0 Å². The molecule has 1 heterocycles. The fraction of sp³-hybridized carbons (Fsp3) is 0.500. The molecule has 0 aromatic heterocycles. The van der Waals surface area contributed by atoms with Gasteiger partial charge in [-0.15, -0.1) is 11.6 Å². The number of carbonyl (C=O) groups is 1. The molecule has 17 heavy (non-hydrogen) atoms. The van der Waals surface area contributed by atoms with Crippen molar-refractivity contribution < 1.29 is 4.79 Å². The third-order valence-corrected chi connectivity index (χ3v) is 3.93. The maximum absolute atomic E-state index is 12.4. The van der Waals surface area contributed by atoms with Crippen LogP contribution in [0.4, 0.5) is 5.69 Å². The first-order chi connectivity index (χ1) is 7.98. The molecule has 0 radical (unpaired) electrons. The van der Waals surface area contributed by atoms with E-state index in [9.17, 15) is 4.79 Å². The first-order valence-electron chi connectivity index (χ1n) is 5.96. The summed E-state index contributed by atoms with van der Waals surface area (Å²) in [5.74, 6) is 1.06. The molecule has 0 saturated heterocycles. The standard InChI is InChI=1S/C14H18ClNO/c1-10(8-15)9-16-12-7-5-4-6-11(12)14(2,3)13(16)17/h4-7,10H,8-9H2,1-3H3. The van der Waals surface area contributed by atoms with Gasteiger partial charge in [0.15, 0.2) is 0 Å². The van der Waals surface area contributed by atoms with Crippen molar-refractivity contribution in [2.75, 3.05) is 17.3 Å². The van der Waals surface area contributed by atoms with Crippen molar-refractivity contribution in [1.29, 1.82) is 0 Å². The van der Waals surface area contributed by atoms with Gasteiger partial charge in [-0.3, -0.25) is 4.79 Å². The third kappa shape index (κ3) is 1.95. The minimum atomic E-state index is -0.414. The van der Waals surface area contributed by atoms with Crippen molar-refractivity contribution in [1.82, 2.24) is 0 Å². The Morgan fingerprint density at radius 3 is 2.65 bits per heavy atom. The number of halogens is 1. The highest BCUT2D eigenvalue weighted by Crippen LogP contribution is 2.41. The van der Waals surface area contributed by atoms with Crippen LogP contribution in [0.25, 0.3) is 0 Å². The molecule has 0 aliphatic carbocycles. The van der Waals surface area contributed by atoms with Gasteiger partial charge in [-0.1, -0.05) is 25.1 Å². The highest BCUT2D eigenvalue weighted by Gasteiger charge is 2.43. The second-order valence-corrected chi connectivity index (χ2v) is 5.63. The molecule has 92 valence electrons. The molecule has 0 spiro atoms. The van der Waals surface area contributed by atoms with Gasteiger partial charge in [-0.2, -0.15) is 0 Å². The maximum Gasteiger partial charge on any atom is 0.237 e. The molecule has 0 N–H and O–H groups in total. The lowest BCUT2D eigenvalue weighted by Gasteiger charge is -2.22.